The predicted molar refractivity (Wildman–Crippen MR) is 83.5 cm³/mol. The van der Waals surface area contributed by atoms with E-state index in [9.17, 15) is 0 Å². The molecule has 0 aromatic rings. The van der Waals surface area contributed by atoms with Gasteiger partial charge < -0.3 is 5.32 Å². The molecule has 1 saturated carbocycles. The summed E-state index contributed by atoms with van der Waals surface area (Å²) < 4.78 is 0. The van der Waals surface area contributed by atoms with E-state index in [-0.39, 0.29) is 0 Å². The van der Waals surface area contributed by atoms with Crippen LogP contribution in [0.15, 0.2) is 0 Å². The van der Waals surface area contributed by atoms with Gasteiger partial charge in [0.1, 0.15) is 0 Å². The van der Waals surface area contributed by atoms with Crippen molar-refractivity contribution in [2.45, 2.75) is 78.3 Å². The van der Waals surface area contributed by atoms with Crippen molar-refractivity contribution >= 4 is 0 Å². The van der Waals surface area contributed by atoms with Crippen LogP contribution in [0, 0.1) is 11.3 Å². The minimum atomic E-state index is 0.359. The van der Waals surface area contributed by atoms with E-state index < -0.39 is 0 Å². The molecule has 0 bridgehead atoms. The number of nitrogens with one attached hydrogen (secondary N) is 1. The van der Waals surface area contributed by atoms with Crippen molar-refractivity contribution in [1.29, 1.82) is 0 Å². The molecule has 112 valence electrons. The van der Waals surface area contributed by atoms with Crippen LogP contribution in [0.25, 0.3) is 0 Å². The van der Waals surface area contributed by atoms with Gasteiger partial charge in [-0.3, -0.25) is 4.90 Å². The lowest BCUT2D eigenvalue weighted by molar-refractivity contribution is 0.0401. The molecule has 2 nitrogen and oxygen atoms in total. The molecular weight excluding hydrogens is 232 g/mol. The summed E-state index contributed by atoms with van der Waals surface area (Å²) in [4.78, 5) is 2.83. The van der Waals surface area contributed by atoms with Crippen molar-refractivity contribution in [3.63, 3.8) is 0 Å². The Kier molecular flexibility index (Phi) is 5.30. The van der Waals surface area contributed by atoms with Gasteiger partial charge in [0.05, 0.1) is 0 Å². The molecule has 0 spiro atoms. The number of likely N-dealkylation sites (N-methyl/N-ethyl adjacent to an activating group) is 1. The van der Waals surface area contributed by atoms with E-state index in [1.807, 2.05) is 0 Å². The van der Waals surface area contributed by atoms with Crippen LogP contribution in [-0.4, -0.2) is 36.6 Å². The smallest absolute Gasteiger partial charge is 0.0243 e. The van der Waals surface area contributed by atoms with Crippen LogP contribution in [0.5, 0.6) is 0 Å². The molecule has 19 heavy (non-hydrogen) atoms. The van der Waals surface area contributed by atoms with Gasteiger partial charge in [-0.1, -0.05) is 40.5 Å². The van der Waals surface area contributed by atoms with Gasteiger partial charge in [0.2, 0.25) is 0 Å². The predicted octanol–water partition coefficient (Wildman–Crippen LogP) is 3.67. The second-order valence-corrected chi connectivity index (χ2v) is 7.73. The highest BCUT2D eigenvalue weighted by Crippen LogP contribution is 2.36. The molecule has 1 heterocycles. The maximum atomic E-state index is 3.72. The molecular formula is C17H34N2. The van der Waals surface area contributed by atoms with Crippen molar-refractivity contribution in [3.8, 4) is 0 Å². The van der Waals surface area contributed by atoms with E-state index in [1.54, 1.807) is 0 Å². The maximum Gasteiger partial charge on any atom is 0.0243 e. The third-order valence-corrected chi connectivity index (χ3v) is 5.27. The highest BCUT2D eigenvalue weighted by atomic mass is 15.2. The summed E-state index contributed by atoms with van der Waals surface area (Å²) in [6, 6.07) is 1.52. The summed E-state index contributed by atoms with van der Waals surface area (Å²) in [7, 11) is 0. The number of piperidine rings is 1. The summed E-state index contributed by atoms with van der Waals surface area (Å²) >= 11 is 0. The summed E-state index contributed by atoms with van der Waals surface area (Å²) in [5.41, 5.74) is 0.359. The molecule has 0 radical (unpaired) electrons. The van der Waals surface area contributed by atoms with Crippen LogP contribution >= 0.6 is 0 Å². The normalized spacial score (nSPS) is 30.9. The Balaban J connectivity index is 1.98. The van der Waals surface area contributed by atoms with E-state index in [2.05, 4.69) is 37.9 Å². The van der Waals surface area contributed by atoms with E-state index in [0.717, 1.165) is 18.5 Å². The average Bonchev–Trinajstić information content (AvgIpc) is 2.37. The largest absolute Gasteiger partial charge is 0.312 e. The van der Waals surface area contributed by atoms with Crippen LogP contribution < -0.4 is 5.32 Å². The van der Waals surface area contributed by atoms with Crippen LogP contribution in [-0.2, 0) is 0 Å². The molecule has 2 fully saturated rings. The Hall–Kier alpha value is -0.0800. The van der Waals surface area contributed by atoms with E-state index >= 15 is 0 Å². The topological polar surface area (TPSA) is 15.3 Å². The second-order valence-electron chi connectivity index (χ2n) is 7.73. The third-order valence-electron chi connectivity index (χ3n) is 5.27. The molecule has 1 unspecified atom stereocenters. The zero-order valence-electron chi connectivity index (χ0n) is 13.5. The minimum Gasteiger partial charge on any atom is -0.312 e. The maximum absolute atomic E-state index is 3.72. The van der Waals surface area contributed by atoms with Gasteiger partial charge in [0.15, 0.2) is 0 Å². The van der Waals surface area contributed by atoms with Crippen LogP contribution in [0.2, 0.25) is 0 Å². The standard InChI is InChI=1S/C17H34N2/c1-5-18-16(17(2,3)4)13-19-12-8-10-14-9-6-7-11-15(14)19/h14-16,18H,5-13H2,1-4H3/t14-,15-,16?/m1/s1. The van der Waals surface area contributed by atoms with Crippen LogP contribution in [0.1, 0.15) is 66.2 Å². The molecule has 1 aliphatic heterocycles. The second kappa shape index (κ2) is 6.58. The summed E-state index contributed by atoms with van der Waals surface area (Å²) in [5, 5.41) is 3.72. The fraction of sp³-hybridized carbons (Fsp3) is 1.00. The SMILES string of the molecule is CCNC(CN1CCC[C@H]2CCCC[C@H]21)C(C)(C)C. The van der Waals surface area contributed by atoms with Gasteiger partial charge in [0, 0.05) is 18.6 Å². The van der Waals surface area contributed by atoms with E-state index in [1.165, 1.54) is 51.6 Å². The lowest BCUT2D eigenvalue weighted by Gasteiger charge is -2.47. The highest BCUT2D eigenvalue weighted by molar-refractivity contribution is 4.91. The van der Waals surface area contributed by atoms with Crippen LogP contribution in [0.3, 0.4) is 0 Å². The Labute approximate surface area is 120 Å². The van der Waals surface area contributed by atoms with Crippen molar-refractivity contribution in [2.24, 2.45) is 11.3 Å². The zero-order chi connectivity index (χ0) is 13.9. The lowest BCUT2D eigenvalue weighted by atomic mass is 9.77. The first-order valence-electron chi connectivity index (χ1n) is 8.49. The van der Waals surface area contributed by atoms with Gasteiger partial charge in [-0.2, -0.15) is 0 Å². The van der Waals surface area contributed by atoms with Crippen molar-refractivity contribution in [3.05, 3.63) is 0 Å². The van der Waals surface area contributed by atoms with Gasteiger partial charge in [-0.25, -0.2) is 0 Å². The number of hydrogen-bond acceptors (Lipinski definition) is 2. The first-order chi connectivity index (χ1) is 9.02. The number of likely N-dealkylation sites (tertiary alicyclic amines) is 1. The summed E-state index contributed by atoms with van der Waals surface area (Å²) in [5.74, 6) is 1.00. The first-order valence-corrected chi connectivity index (χ1v) is 8.49. The Morgan fingerprint density at radius 3 is 2.47 bits per heavy atom. The Bertz CT molecular complexity index is 267. The van der Waals surface area contributed by atoms with E-state index in [4.69, 9.17) is 0 Å². The average molecular weight is 266 g/mol. The lowest BCUT2D eigenvalue weighted by Crippen LogP contribution is -2.55. The van der Waals surface area contributed by atoms with Gasteiger partial charge in [-0.05, 0) is 50.1 Å². The number of hydrogen-bond donors (Lipinski definition) is 1. The molecule has 1 saturated heterocycles. The highest BCUT2D eigenvalue weighted by Gasteiger charge is 2.35. The molecule has 0 aromatic carbocycles. The van der Waals surface area contributed by atoms with E-state index in [0.29, 0.717) is 11.5 Å². The Morgan fingerprint density at radius 1 is 1.11 bits per heavy atom. The van der Waals surface area contributed by atoms with Crippen molar-refractivity contribution < 1.29 is 0 Å². The van der Waals surface area contributed by atoms with Crippen molar-refractivity contribution in [2.75, 3.05) is 19.6 Å². The number of nitrogens with zero attached hydrogens (tertiary/aromatic N) is 1. The monoisotopic (exact) mass is 266 g/mol. The molecule has 0 amide bonds. The summed E-state index contributed by atoms with van der Waals surface area (Å²) in [6.07, 6.45) is 8.78. The number of rotatable bonds is 4. The molecule has 0 aromatic heterocycles. The quantitative estimate of drug-likeness (QED) is 0.835. The molecule has 1 N–H and O–H groups in total. The zero-order valence-corrected chi connectivity index (χ0v) is 13.5. The van der Waals surface area contributed by atoms with Crippen molar-refractivity contribution in [1.82, 2.24) is 10.2 Å². The third kappa shape index (κ3) is 3.95. The molecule has 2 aliphatic rings. The fourth-order valence-corrected chi connectivity index (χ4v) is 4.08. The fourth-order valence-electron chi connectivity index (χ4n) is 4.08. The van der Waals surface area contributed by atoms with Gasteiger partial charge in [-0.15, -0.1) is 0 Å². The molecule has 1 aliphatic carbocycles. The molecule has 2 heteroatoms. The van der Waals surface area contributed by atoms with Gasteiger partial charge in [0.25, 0.3) is 0 Å². The van der Waals surface area contributed by atoms with Crippen LogP contribution in [0.4, 0.5) is 0 Å². The first kappa shape index (κ1) is 15.3. The summed E-state index contributed by atoms with van der Waals surface area (Å²) in [6.45, 7) is 13.0. The number of fused-ring (bicyclic) bond motifs is 1. The Morgan fingerprint density at radius 2 is 1.79 bits per heavy atom. The molecule has 3 atom stereocenters. The minimum absolute atomic E-state index is 0.359. The van der Waals surface area contributed by atoms with Gasteiger partial charge >= 0.3 is 0 Å². The molecule has 2 rings (SSSR count).